The first-order chi connectivity index (χ1) is 8.69. The number of ether oxygens (including phenoxy) is 2. The lowest BCUT2D eigenvalue weighted by molar-refractivity contribution is 0.309. The minimum atomic E-state index is 0.0965. The van der Waals surface area contributed by atoms with Crippen molar-refractivity contribution in [1.29, 1.82) is 0 Å². The van der Waals surface area contributed by atoms with Crippen LogP contribution in [-0.4, -0.2) is 32.3 Å². The number of nitrogens with zero attached hydrogens (tertiary/aromatic N) is 1. The monoisotopic (exact) mass is 269 g/mol. The van der Waals surface area contributed by atoms with Crippen LogP contribution in [0.3, 0.4) is 0 Å². The molecule has 98 valence electrons. The van der Waals surface area contributed by atoms with Crippen molar-refractivity contribution < 1.29 is 9.47 Å². The normalized spacial score (nSPS) is 18.3. The number of hydrogen-bond donors (Lipinski definition) is 2. The number of nitrogens with two attached hydrogens (primary N) is 1. The molecule has 1 atom stereocenters. The number of rotatable bonds is 5. The molecule has 0 saturated carbocycles. The van der Waals surface area contributed by atoms with Crippen molar-refractivity contribution in [2.24, 2.45) is 10.7 Å². The lowest BCUT2D eigenvalue weighted by Crippen LogP contribution is -2.26. The van der Waals surface area contributed by atoms with E-state index in [0.29, 0.717) is 17.4 Å². The largest absolute Gasteiger partial charge is 0.495 e. The van der Waals surface area contributed by atoms with Gasteiger partial charge in [-0.05, 0) is 17.7 Å². The van der Waals surface area contributed by atoms with Crippen molar-refractivity contribution in [3.63, 3.8) is 0 Å². The summed E-state index contributed by atoms with van der Waals surface area (Å²) in [5.41, 5.74) is 6.54. The summed E-state index contributed by atoms with van der Waals surface area (Å²) in [5, 5.41) is 3.91. The summed E-state index contributed by atoms with van der Waals surface area (Å²) < 4.78 is 10.2. The van der Waals surface area contributed by atoms with Crippen LogP contribution < -0.4 is 15.8 Å². The molecule has 5 nitrogen and oxygen atoms in total. The van der Waals surface area contributed by atoms with Crippen LogP contribution in [0.5, 0.6) is 5.75 Å². The third kappa shape index (κ3) is 3.27. The Morgan fingerprint density at radius 2 is 2.44 bits per heavy atom. The molecule has 1 unspecified atom stereocenters. The lowest BCUT2D eigenvalue weighted by atomic mass is 10.2. The Morgan fingerprint density at radius 3 is 3.11 bits per heavy atom. The first kappa shape index (κ1) is 13.0. The number of amidine groups is 1. The molecular formula is C12H16ClN3O2. The van der Waals surface area contributed by atoms with E-state index in [2.05, 4.69) is 10.3 Å². The molecule has 0 radical (unpaired) electrons. The number of hydrogen-bond acceptors (Lipinski definition) is 5. The van der Waals surface area contributed by atoms with Crippen molar-refractivity contribution in [2.75, 3.05) is 20.3 Å². The van der Waals surface area contributed by atoms with Crippen LogP contribution in [-0.2, 0) is 11.3 Å². The molecule has 3 N–H and O–H groups in total. The average Bonchev–Trinajstić information content (AvgIpc) is 2.77. The summed E-state index contributed by atoms with van der Waals surface area (Å²) in [6.07, 6.45) is 0. The van der Waals surface area contributed by atoms with E-state index >= 15 is 0 Å². The molecule has 0 saturated heterocycles. The van der Waals surface area contributed by atoms with Gasteiger partial charge in [-0.25, -0.2) is 4.99 Å². The van der Waals surface area contributed by atoms with Crippen molar-refractivity contribution in [2.45, 2.75) is 12.6 Å². The van der Waals surface area contributed by atoms with Crippen LogP contribution in [0.1, 0.15) is 5.56 Å². The minimum absolute atomic E-state index is 0.0965. The van der Waals surface area contributed by atoms with Crippen LogP contribution in [0.15, 0.2) is 23.2 Å². The first-order valence-electron chi connectivity index (χ1n) is 5.68. The molecule has 6 heteroatoms. The summed E-state index contributed by atoms with van der Waals surface area (Å²) in [7, 11) is 1.60. The second-order valence-corrected chi connectivity index (χ2v) is 4.44. The predicted octanol–water partition coefficient (Wildman–Crippen LogP) is 1.15. The van der Waals surface area contributed by atoms with E-state index in [9.17, 15) is 0 Å². The molecule has 0 bridgehead atoms. The van der Waals surface area contributed by atoms with Gasteiger partial charge in [-0.2, -0.15) is 0 Å². The van der Waals surface area contributed by atoms with Gasteiger partial charge in [-0.3, -0.25) is 0 Å². The highest BCUT2D eigenvalue weighted by molar-refractivity contribution is 6.32. The fourth-order valence-corrected chi connectivity index (χ4v) is 1.93. The van der Waals surface area contributed by atoms with Gasteiger partial charge in [0, 0.05) is 13.1 Å². The van der Waals surface area contributed by atoms with Crippen molar-refractivity contribution >= 4 is 17.6 Å². The molecule has 1 aliphatic heterocycles. The topological polar surface area (TPSA) is 68.9 Å². The smallest absolute Gasteiger partial charge is 0.282 e. The summed E-state index contributed by atoms with van der Waals surface area (Å²) >= 11 is 5.96. The van der Waals surface area contributed by atoms with Gasteiger partial charge in [0.2, 0.25) is 0 Å². The van der Waals surface area contributed by atoms with E-state index in [0.717, 1.165) is 18.7 Å². The Bertz CT molecular complexity index is 451. The van der Waals surface area contributed by atoms with E-state index in [-0.39, 0.29) is 12.1 Å². The minimum Gasteiger partial charge on any atom is -0.495 e. The van der Waals surface area contributed by atoms with E-state index in [1.165, 1.54) is 0 Å². The maximum atomic E-state index is 5.96. The first-order valence-corrected chi connectivity index (χ1v) is 6.06. The Morgan fingerprint density at radius 1 is 1.61 bits per heavy atom. The molecule has 0 amide bonds. The Kier molecular flexibility index (Phi) is 4.28. The molecule has 1 aromatic carbocycles. The number of halogens is 1. The summed E-state index contributed by atoms with van der Waals surface area (Å²) in [4.78, 5) is 4.13. The quantitative estimate of drug-likeness (QED) is 0.841. The Labute approximate surface area is 111 Å². The van der Waals surface area contributed by atoms with Gasteiger partial charge in [0.15, 0.2) is 0 Å². The summed E-state index contributed by atoms with van der Waals surface area (Å²) in [6.45, 7) is 1.99. The van der Waals surface area contributed by atoms with Crippen LogP contribution in [0.25, 0.3) is 0 Å². The SMILES string of the molecule is COc1cc(CNCC2COC(N)=N2)ccc1Cl. The molecule has 18 heavy (non-hydrogen) atoms. The summed E-state index contributed by atoms with van der Waals surface area (Å²) in [6, 6.07) is 6.07. The van der Waals surface area contributed by atoms with Gasteiger partial charge in [0.05, 0.1) is 12.1 Å². The second kappa shape index (κ2) is 5.93. The molecule has 0 aliphatic carbocycles. The fraction of sp³-hybridized carbons (Fsp3) is 0.417. The highest BCUT2D eigenvalue weighted by atomic mass is 35.5. The second-order valence-electron chi connectivity index (χ2n) is 4.03. The molecule has 1 aromatic rings. The van der Waals surface area contributed by atoms with Crippen LogP contribution in [0.4, 0.5) is 0 Å². The average molecular weight is 270 g/mol. The van der Waals surface area contributed by atoms with Gasteiger partial charge in [0.1, 0.15) is 18.4 Å². The van der Waals surface area contributed by atoms with Gasteiger partial charge in [-0.15, -0.1) is 0 Å². The maximum absolute atomic E-state index is 5.96. The highest BCUT2D eigenvalue weighted by Crippen LogP contribution is 2.24. The number of methoxy groups -OCH3 is 1. The zero-order valence-electron chi connectivity index (χ0n) is 10.1. The predicted molar refractivity (Wildman–Crippen MR) is 71.1 cm³/mol. The summed E-state index contributed by atoms with van der Waals surface area (Å²) in [5.74, 6) is 0.683. The third-order valence-electron chi connectivity index (χ3n) is 2.66. The van der Waals surface area contributed by atoms with E-state index in [1.54, 1.807) is 7.11 Å². The van der Waals surface area contributed by atoms with Crippen molar-refractivity contribution in [3.05, 3.63) is 28.8 Å². The zero-order valence-corrected chi connectivity index (χ0v) is 10.9. The van der Waals surface area contributed by atoms with Crippen molar-refractivity contribution in [1.82, 2.24) is 5.32 Å². The van der Waals surface area contributed by atoms with Gasteiger partial charge >= 0.3 is 0 Å². The lowest BCUT2D eigenvalue weighted by Gasteiger charge is -2.09. The van der Waals surface area contributed by atoms with Crippen LogP contribution in [0.2, 0.25) is 5.02 Å². The maximum Gasteiger partial charge on any atom is 0.282 e. The Hall–Kier alpha value is -1.46. The Balaban J connectivity index is 1.83. The van der Waals surface area contributed by atoms with Gasteiger partial charge in [0.25, 0.3) is 6.02 Å². The van der Waals surface area contributed by atoms with Gasteiger partial charge < -0.3 is 20.5 Å². The molecule has 1 heterocycles. The van der Waals surface area contributed by atoms with Crippen molar-refractivity contribution in [3.8, 4) is 5.75 Å². The molecule has 2 rings (SSSR count). The molecule has 1 aliphatic rings. The van der Waals surface area contributed by atoms with Crippen LogP contribution >= 0.6 is 11.6 Å². The molecule has 0 spiro atoms. The highest BCUT2D eigenvalue weighted by Gasteiger charge is 2.15. The molecule has 0 aromatic heterocycles. The molecule has 0 fully saturated rings. The van der Waals surface area contributed by atoms with Crippen LogP contribution in [0, 0.1) is 0 Å². The number of benzene rings is 1. The standard InChI is InChI=1S/C12H16ClN3O2/c1-17-11-4-8(2-3-10(11)13)5-15-6-9-7-18-12(14)16-9/h2-4,9,15H,5-7H2,1H3,(H2,14,16). The van der Waals surface area contributed by atoms with E-state index < -0.39 is 0 Å². The fourth-order valence-electron chi connectivity index (χ4n) is 1.74. The van der Waals surface area contributed by atoms with E-state index in [4.69, 9.17) is 26.8 Å². The van der Waals surface area contributed by atoms with Gasteiger partial charge in [-0.1, -0.05) is 17.7 Å². The number of nitrogens with one attached hydrogen (secondary N) is 1. The third-order valence-corrected chi connectivity index (χ3v) is 2.97. The zero-order chi connectivity index (χ0) is 13.0. The number of aliphatic imine (C=N–C) groups is 1. The molecular weight excluding hydrogens is 254 g/mol. The van der Waals surface area contributed by atoms with E-state index in [1.807, 2.05) is 18.2 Å².